The molecule has 3 nitrogen and oxygen atoms in total. The van der Waals surface area contributed by atoms with Crippen LogP contribution in [0, 0.1) is 5.41 Å². The Labute approximate surface area is 78.5 Å². The molecule has 0 bridgehead atoms. The van der Waals surface area contributed by atoms with Crippen LogP contribution in [-0.4, -0.2) is 10.5 Å². The fourth-order valence-electron chi connectivity index (χ4n) is 1.08. The van der Waals surface area contributed by atoms with Crippen molar-refractivity contribution in [3.8, 4) is 0 Å². The van der Waals surface area contributed by atoms with E-state index >= 15 is 0 Å². The first kappa shape index (κ1) is 9.99. The minimum Gasteiger partial charge on any atom is -0.326 e. The summed E-state index contributed by atoms with van der Waals surface area (Å²) < 4.78 is 1.60. The van der Waals surface area contributed by atoms with Gasteiger partial charge in [0.2, 0.25) is 5.91 Å². The van der Waals surface area contributed by atoms with E-state index in [2.05, 4.69) is 0 Å². The summed E-state index contributed by atoms with van der Waals surface area (Å²) in [6.45, 7) is 6.18. The van der Waals surface area contributed by atoms with Crippen molar-refractivity contribution in [1.82, 2.24) is 4.57 Å². The summed E-state index contributed by atoms with van der Waals surface area (Å²) in [7, 11) is 0. The van der Waals surface area contributed by atoms with Crippen LogP contribution in [0.2, 0.25) is 0 Å². The second-order valence-corrected chi connectivity index (χ2v) is 4.19. The van der Waals surface area contributed by atoms with Crippen molar-refractivity contribution < 1.29 is 4.79 Å². The molecule has 1 aromatic heterocycles. The maximum absolute atomic E-state index is 11.7. The summed E-state index contributed by atoms with van der Waals surface area (Å²) in [4.78, 5) is 11.7. The first-order valence-electron chi connectivity index (χ1n) is 4.37. The lowest BCUT2D eigenvalue weighted by molar-refractivity contribution is 0.0767. The summed E-state index contributed by atoms with van der Waals surface area (Å²) in [6, 6.07) is 1.86. The smallest absolute Gasteiger partial charge is 0.235 e. The fourth-order valence-corrected chi connectivity index (χ4v) is 1.08. The molecule has 1 aromatic rings. The normalized spacial score (nSPS) is 11.7. The van der Waals surface area contributed by atoms with Crippen molar-refractivity contribution in [1.29, 1.82) is 0 Å². The molecule has 2 N–H and O–H groups in total. The SMILES string of the molecule is CC(C)(C)C(=O)n1ccc(CN)c1. The van der Waals surface area contributed by atoms with Crippen LogP contribution in [0.15, 0.2) is 18.5 Å². The molecule has 0 aliphatic heterocycles. The van der Waals surface area contributed by atoms with Gasteiger partial charge in [0.1, 0.15) is 0 Å². The Morgan fingerprint density at radius 1 is 1.54 bits per heavy atom. The third-order valence-electron chi connectivity index (χ3n) is 1.87. The zero-order chi connectivity index (χ0) is 10.1. The van der Waals surface area contributed by atoms with E-state index < -0.39 is 0 Å². The van der Waals surface area contributed by atoms with Crippen molar-refractivity contribution in [3.05, 3.63) is 24.0 Å². The van der Waals surface area contributed by atoms with E-state index in [1.54, 1.807) is 17.0 Å². The van der Waals surface area contributed by atoms with Crippen LogP contribution in [0.4, 0.5) is 0 Å². The topological polar surface area (TPSA) is 48.0 Å². The zero-order valence-electron chi connectivity index (χ0n) is 8.37. The van der Waals surface area contributed by atoms with Crippen LogP contribution in [0.1, 0.15) is 31.1 Å². The summed E-state index contributed by atoms with van der Waals surface area (Å²) in [5.41, 5.74) is 6.09. The molecule has 72 valence electrons. The van der Waals surface area contributed by atoms with Gasteiger partial charge in [0.25, 0.3) is 0 Å². The lowest BCUT2D eigenvalue weighted by Gasteiger charge is -2.16. The van der Waals surface area contributed by atoms with Gasteiger partial charge >= 0.3 is 0 Å². The van der Waals surface area contributed by atoms with Gasteiger partial charge in [-0.2, -0.15) is 0 Å². The van der Waals surface area contributed by atoms with Crippen LogP contribution >= 0.6 is 0 Å². The first-order valence-corrected chi connectivity index (χ1v) is 4.37. The number of nitrogens with zero attached hydrogens (tertiary/aromatic N) is 1. The summed E-state index contributed by atoms with van der Waals surface area (Å²) in [5.74, 6) is 0.0900. The number of rotatable bonds is 1. The molecule has 0 saturated heterocycles. The predicted octanol–water partition coefficient (Wildman–Crippen LogP) is 1.63. The fraction of sp³-hybridized carbons (Fsp3) is 0.500. The Kier molecular flexibility index (Phi) is 2.57. The largest absolute Gasteiger partial charge is 0.326 e. The van der Waals surface area contributed by atoms with Gasteiger partial charge in [0.05, 0.1) is 0 Å². The lowest BCUT2D eigenvalue weighted by atomic mass is 9.96. The molecule has 0 radical (unpaired) electrons. The Morgan fingerprint density at radius 3 is 2.54 bits per heavy atom. The molecule has 0 amide bonds. The van der Waals surface area contributed by atoms with Gasteiger partial charge in [-0.3, -0.25) is 9.36 Å². The van der Waals surface area contributed by atoms with E-state index in [1.807, 2.05) is 26.8 Å². The van der Waals surface area contributed by atoms with Crippen LogP contribution in [-0.2, 0) is 6.54 Å². The molecule has 1 rings (SSSR count). The van der Waals surface area contributed by atoms with E-state index in [0.29, 0.717) is 6.54 Å². The van der Waals surface area contributed by atoms with Crippen molar-refractivity contribution in [2.45, 2.75) is 27.3 Å². The molecule has 1 heterocycles. The van der Waals surface area contributed by atoms with Gasteiger partial charge in [-0.25, -0.2) is 0 Å². The number of carbonyl (C=O) groups excluding carboxylic acids is 1. The van der Waals surface area contributed by atoms with E-state index in [1.165, 1.54) is 0 Å². The average molecular weight is 180 g/mol. The van der Waals surface area contributed by atoms with Crippen molar-refractivity contribution in [2.75, 3.05) is 0 Å². The van der Waals surface area contributed by atoms with E-state index in [-0.39, 0.29) is 11.3 Å². The Morgan fingerprint density at radius 2 is 2.15 bits per heavy atom. The number of nitrogens with two attached hydrogens (primary N) is 1. The maximum atomic E-state index is 11.7. The second kappa shape index (κ2) is 3.34. The molecule has 0 atom stereocenters. The van der Waals surface area contributed by atoms with Crippen LogP contribution in [0.5, 0.6) is 0 Å². The molecular formula is C10H16N2O. The van der Waals surface area contributed by atoms with Crippen LogP contribution < -0.4 is 5.73 Å². The monoisotopic (exact) mass is 180 g/mol. The highest BCUT2D eigenvalue weighted by Crippen LogP contribution is 2.17. The third kappa shape index (κ3) is 2.18. The van der Waals surface area contributed by atoms with Crippen LogP contribution in [0.3, 0.4) is 0 Å². The van der Waals surface area contributed by atoms with Gasteiger partial charge in [-0.05, 0) is 11.6 Å². The predicted molar refractivity (Wildman–Crippen MR) is 52.4 cm³/mol. The molecule has 0 spiro atoms. The van der Waals surface area contributed by atoms with Crippen LogP contribution in [0.25, 0.3) is 0 Å². The van der Waals surface area contributed by atoms with Gasteiger partial charge in [-0.15, -0.1) is 0 Å². The van der Waals surface area contributed by atoms with Gasteiger partial charge < -0.3 is 5.73 Å². The number of hydrogen-bond donors (Lipinski definition) is 1. The van der Waals surface area contributed by atoms with Crippen molar-refractivity contribution in [2.24, 2.45) is 11.1 Å². The van der Waals surface area contributed by atoms with Gasteiger partial charge in [0, 0.05) is 24.4 Å². The van der Waals surface area contributed by atoms with Crippen molar-refractivity contribution >= 4 is 5.91 Å². The molecule has 0 aliphatic rings. The minimum atomic E-state index is -0.342. The molecule has 0 saturated carbocycles. The number of hydrogen-bond acceptors (Lipinski definition) is 2. The second-order valence-electron chi connectivity index (χ2n) is 4.19. The average Bonchev–Trinajstić information content (AvgIpc) is 2.48. The molecule has 0 fully saturated rings. The molecule has 0 aromatic carbocycles. The van der Waals surface area contributed by atoms with E-state index in [9.17, 15) is 4.79 Å². The molecule has 13 heavy (non-hydrogen) atoms. The Balaban J connectivity index is 2.90. The third-order valence-corrected chi connectivity index (χ3v) is 1.87. The molecule has 0 aliphatic carbocycles. The molecule has 0 unspecified atom stereocenters. The molecular weight excluding hydrogens is 164 g/mol. The number of carbonyl (C=O) groups is 1. The first-order chi connectivity index (χ1) is 5.95. The van der Waals surface area contributed by atoms with Crippen molar-refractivity contribution in [3.63, 3.8) is 0 Å². The molecule has 3 heteroatoms. The van der Waals surface area contributed by atoms with Gasteiger partial charge in [0.15, 0.2) is 0 Å². The minimum absolute atomic E-state index is 0.0900. The van der Waals surface area contributed by atoms with E-state index in [0.717, 1.165) is 5.56 Å². The highest BCUT2D eigenvalue weighted by Gasteiger charge is 2.22. The highest BCUT2D eigenvalue weighted by atomic mass is 16.2. The zero-order valence-corrected chi connectivity index (χ0v) is 8.37. The Hall–Kier alpha value is -1.09. The summed E-state index contributed by atoms with van der Waals surface area (Å²) in [5, 5.41) is 0. The van der Waals surface area contributed by atoms with Gasteiger partial charge in [-0.1, -0.05) is 20.8 Å². The summed E-state index contributed by atoms with van der Waals surface area (Å²) in [6.07, 6.45) is 3.54. The Bertz CT molecular complexity index is 307. The summed E-state index contributed by atoms with van der Waals surface area (Å²) >= 11 is 0. The standard InChI is InChI=1S/C10H16N2O/c1-10(2,3)9(13)12-5-4-8(6-11)7-12/h4-5,7H,6,11H2,1-3H3. The maximum Gasteiger partial charge on any atom is 0.235 e. The highest BCUT2D eigenvalue weighted by molar-refractivity contribution is 5.84. The van der Waals surface area contributed by atoms with E-state index in [4.69, 9.17) is 5.73 Å². The number of aromatic nitrogens is 1. The lowest BCUT2D eigenvalue weighted by Crippen LogP contribution is -2.25. The quantitative estimate of drug-likeness (QED) is 0.714.